The molecule has 0 saturated heterocycles. The topological polar surface area (TPSA) is 17.8 Å². The SMILES string of the molecule is FC(F)(F)c1c(CBr)cnn1Cc1ccccc1. The third-order valence-electron chi connectivity index (χ3n) is 2.50. The van der Waals surface area contributed by atoms with Crippen molar-refractivity contribution in [3.05, 3.63) is 53.3 Å². The van der Waals surface area contributed by atoms with Crippen molar-refractivity contribution in [2.45, 2.75) is 18.1 Å². The molecule has 0 fully saturated rings. The Bertz CT molecular complexity index is 520. The van der Waals surface area contributed by atoms with Crippen LogP contribution in [0.25, 0.3) is 0 Å². The summed E-state index contributed by atoms with van der Waals surface area (Å²) in [5.41, 5.74) is 0.244. The number of alkyl halides is 4. The lowest BCUT2D eigenvalue weighted by Gasteiger charge is -2.12. The molecule has 0 aliphatic rings. The van der Waals surface area contributed by atoms with E-state index < -0.39 is 11.9 Å². The number of hydrogen-bond donors (Lipinski definition) is 0. The Morgan fingerprint density at radius 2 is 1.83 bits per heavy atom. The maximum absolute atomic E-state index is 13.0. The fraction of sp³-hybridized carbons (Fsp3) is 0.250. The summed E-state index contributed by atoms with van der Waals surface area (Å²) in [5, 5.41) is 3.95. The van der Waals surface area contributed by atoms with Crippen LogP contribution in [0, 0.1) is 0 Å². The van der Waals surface area contributed by atoms with Crippen LogP contribution >= 0.6 is 15.9 Å². The summed E-state index contributed by atoms with van der Waals surface area (Å²) in [6.45, 7) is 0.114. The lowest BCUT2D eigenvalue weighted by molar-refractivity contribution is -0.144. The number of aromatic nitrogens is 2. The molecule has 0 spiro atoms. The molecule has 0 amide bonds. The molecule has 0 aliphatic heterocycles. The first-order valence-corrected chi connectivity index (χ1v) is 6.36. The van der Waals surface area contributed by atoms with Gasteiger partial charge in [0, 0.05) is 10.9 Å². The highest BCUT2D eigenvalue weighted by molar-refractivity contribution is 9.08. The van der Waals surface area contributed by atoms with Crippen molar-refractivity contribution in [3.63, 3.8) is 0 Å². The molecule has 2 aromatic rings. The highest BCUT2D eigenvalue weighted by Gasteiger charge is 2.37. The number of hydrogen-bond acceptors (Lipinski definition) is 1. The Balaban J connectivity index is 2.37. The van der Waals surface area contributed by atoms with Gasteiger partial charge in [-0.2, -0.15) is 18.3 Å². The fourth-order valence-electron chi connectivity index (χ4n) is 1.73. The average Bonchev–Trinajstić information content (AvgIpc) is 2.73. The monoisotopic (exact) mass is 318 g/mol. The molecule has 2 rings (SSSR count). The lowest BCUT2D eigenvalue weighted by Crippen LogP contribution is -2.17. The lowest BCUT2D eigenvalue weighted by atomic mass is 10.2. The summed E-state index contributed by atoms with van der Waals surface area (Å²) in [6.07, 6.45) is -3.14. The summed E-state index contributed by atoms with van der Waals surface area (Å²) < 4.78 is 39.8. The zero-order valence-corrected chi connectivity index (χ0v) is 10.9. The number of benzene rings is 1. The van der Waals surface area contributed by atoms with E-state index in [1.807, 2.05) is 6.07 Å². The third-order valence-corrected chi connectivity index (χ3v) is 3.11. The Labute approximate surface area is 111 Å². The number of rotatable bonds is 3. The van der Waals surface area contributed by atoms with E-state index in [2.05, 4.69) is 21.0 Å². The van der Waals surface area contributed by atoms with Crippen LogP contribution in [0.4, 0.5) is 13.2 Å². The second kappa shape index (κ2) is 5.14. The van der Waals surface area contributed by atoms with E-state index in [0.29, 0.717) is 0 Å². The molecule has 0 aliphatic carbocycles. The summed E-state index contributed by atoms with van der Waals surface area (Å²) >= 11 is 3.05. The molecule has 96 valence electrons. The molecule has 18 heavy (non-hydrogen) atoms. The van der Waals surface area contributed by atoms with Crippen LogP contribution < -0.4 is 0 Å². The van der Waals surface area contributed by atoms with Gasteiger partial charge >= 0.3 is 6.18 Å². The van der Waals surface area contributed by atoms with Gasteiger partial charge in [0.2, 0.25) is 0 Å². The molecular weight excluding hydrogens is 309 g/mol. The van der Waals surface area contributed by atoms with Gasteiger partial charge in [0.05, 0.1) is 12.7 Å². The Morgan fingerprint density at radius 1 is 1.17 bits per heavy atom. The van der Waals surface area contributed by atoms with E-state index in [9.17, 15) is 13.2 Å². The first-order chi connectivity index (χ1) is 8.52. The highest BCUT2D eigenvalue weighted by Crippen LogP contribution is 2.33. The van der Waals surface area contributed by atoms with Gasteiger partial charge in [-0.25, -0.2) is 0 Å². The molecule has 1 heterocycles. The Morgan fingerprint density at radius 3 is 2.39 bits per heavy atom. The maximum Gasteiger partial charge on any atom is 0.433 e. The molecule has 0 bridgehead atoms. The molecule has 0 N–H and O–H groups in total. The third kappa shape index (κ3) is 2.75. The van der Waals surface area contributed by atoms with E-state index in [-0.39, 0.29) is 17.4 Å². The standard InChI is InChI=1S/C12H10BrF3N2/c13-6-10-7-17-18(11(10)12(14,15)16)8-9-4-2-1-3-5-9/h1-5,7H,6,8H2. The van der Waals surface area contributed by atoms with Crippen molar-refractivity contribution in [3.8, 4) is 0 Å². The maximum atomic E-state index is 13.0. The van der Waals surface area contributed by atoms with Crippen LogP contribution in [-0.4, -0.2) is 9.78 Å². The van der Waals surface area contributed by atoms with Crippen molar-refractivity contribution in [1.82, 2.24) is 9.78 Å². The molecule has 0 unspecified atom stereocenters. The minimum atomic E-state index is -4.39. The van der Waals surface area contributed by atoms with Gasteiger partial charge in [-0.05, 0) is 5.56 Å². The van der Waals surface area contributed by atoms with Gasteiger partial charge in [-0.1, -0.05) is 46.3 Å². The summed E-state index contributed by atoms with van der Waals surface area (Å²) in [7, 11) is 0. The fourth-order valence-corrected chi connectivity index (χ4v) is 2.14. The normalized spacial score (nSPS) is 11.8. The Hall–Kier alpha value is -1.30. The number of nitrogens with zero attached hydrogens (tertiary/aromatic N) is 2. The predicted octanol–water partition coefficient (Wildman–Crippen LogP) is 3.85. The second-order valence-electron chi connectivity index (χ2n) is 3.79. The van der Waals surface area contributed by atoms with E-state index in [1.165, 1.54) is 6.20 Å². The highest BCUT2D eigenvalue weighted by atomic mass is 79.9. The van der Waals surface area contributed by atoms with Gasteiger partial charge in [0.25, 0.3) is 0 Å². The quantitative estimate of drug-likeness (QED) is 0.786. The Kier molecular flexibility index (Phi) is 3.75. The number of halogens is 4. The van der Waals surface area contributed by atoms with E-state index in [1.54, 1.807) is 24.3 Å². The zero-order valence-electron chi connectivity index (χ0n) is 9.28. The van der Waals surface area contributed by atoms with Crippen LogP contribution in [0.2, 0.25) is 0 Å². The molecule has 6 heteroatoms. The van der Waals surface area contributed by atoms with Gasteiger partial charge < -0.3 is 0 Å². The van der Waals surface area contributed by atoms with Crippen molar-refractivity contribution in [1.29, 1.82) is 0 Å². The molecule has 0 atom stereocenters. The van der Waals surface area contributed by atoms with Gasteiger partial charge in [0.1, 0.15) is 5.69 Å². The van der Waals surface area contributed by atoms with Gasteiger partial charge in [-0.3, -0.25) is 4.68 Å². The van der Waals surface area contributed by atoms with Gasteiger partial charge in [-0.15, -0.1) is 0 Å². The van der Waals surface area contributed by atoms with Crippen LogP contribution in [0.3, 0.4) is 0 Å². The average molecular weight is 319 g/mol. The van der Waals surface area contributed by atoms with Crippen molar-refractivity contribution >= 4 is 15.9 Å². The molecule has 2 nitrogen and oxygen atoms in total. The van der Waals surface area contributed by atoms with Crippen molar-refractivity contribution in [2.24, 2.45) is 0 Å². The molecule has 0 saturated carbocycles. The van der Waals surface area contributed by atoms with Crippen LogP contribution in [0.15, 0.2) is 36.5 Å². The smallest absolute Gasteiger partial charge is 0.256 e. The van der Waals surface area contributed by atoms with Crippen molar-refractivity contribution < 1.29 is 13.2 Å². The van der Waals surface area contributed by atoms with E-state index in [0.717, 1.165) is 10.2 Å². The zero-order chi connectivity index (χ0) is 13.2. The van der Waals surface area contributed by atoms with Crippen LogP contribution in [0.1, 0.15) is 16.8 Å². The summed E-state index contributed by atoms with van der Waals surface area (Å²) in [5.74, 6) is 0. The summed E-state index contributed by atoms with van der Waals surface area (Å²) in [4.78, 5) is 0. The van der Waals surface area contributed by atoms with Crippen molar-refractivity contribution in [2.75, 3.05) is 0 Å². The minimum Gasteiger partial charge on any atom is -0.256 e. The molecule has 1 aromatic heterocycles. The van der Waals surface area contributed by atoms with Crippen LogP contribution in [-0.2, 0) is 18.1 Å². The predicted molar refractivity (Wildman–Crippen MR) is 65.4 cm³/mol. The molecule has 0 radical (unpaired) electrons. The largest absolute Gasteiger partial charge is 0.433 e. The molecule has 1 aromatic carbocycles. The molecular formula is C12H10BrF3N2. The van der Waals surface area contributed by atoms with Gasteiger partial charge in [0.15, 0.2) is 0 Å². The minimum absolute atomic E-state index is 0.114. The van der Waals surface area contributed by atoms with E-state index >= 15 is 0 Å². The summed E-state index contributed by atoms with van der Waals surface area (Å²) in [6, 6.07) is 8.95. The second-order valence-corrected chi connectivity index (χ2v) is 4.35. The van der Waals surface area contributed by atoms with E-state index in [4.69, 9.17) is 0 Å². The first-order valence-electron chi connectivity index (χ1n) is 5.24. The van der Waals surface area contributed by atoms with Crippen LogP contribution in [0.5, 0.6) is 0 Å². The first kappa shape index (κ1) is 13.1.